The SMILES string of the molecule is CC(C)(C)OC(=O)NC1(C(=O)O)CCS(=O)(=O)c2ccccc21. The number of fused-ring (bicyclic) bond motifs is 1. The first kappa shape index (κ1) is 17.3. The van der Waals surface area contributed by atoms with E-state index in [-0.39, 0.29) is 22.6 Å². The number of ether oxygens (including phenoxy) is 1. The highest BCUT2D eigenvalue weighted by Crippen LogP contribution is 2.37. The van der Waals surface area contributed by atoms with Crippen molar-refractivity contribution < 1.29 is 27.9 Å². The molecule has 1 unspecified atom stereocenters. The Bertz CT molecular complexity index is 749. The predicted octanol–water partition coefficient (Wildman–Crippen LogP) is 1.67. The Morgan fingerprint density at radius 1 is 1.26 bits per heavy atom. The maximum Gasteiger partial charge on any atom is 0.408 e. The van der Waals surface area contributed by atoms with E-state index in [9.17, 15) is 23.1 Å². The average Bonchev–Trinajstić information content (AvgIpc) is 2.40. The molecule has 1 aliphatic rings. The van der Waals surface area contributed by atoms with Gasteiger partial charge in [-0.3, -0.25) is 0 Å². The molecule has 0 saturated carbocycles. The molecule has 0 radical (unpaired) electrons. The minimum atomic E-state index is -3.57. The molecule has 1 amide bonds. The van der Waals surface area contributed by atoms with Gasteiger partial charge in [-0.15, -0.1) is 0 Å². The standard InChI is InChI=1S/C15H19NO6S/c1-14(2,3)22-13(19)16-15(12(17)18)8-9-23(20,21)11-7-5-4-6-10(11)15/h4-7H,8-9H2,1-3H3,(H,16,19)(H,17,18). The Balaban J connectivity index is 2.51. The summed E-state index contributed by atoms with van der Waals surface area (Å²) in [5.74, 6) is -1.70. The fourth-order valence-corrected chi connectivity index (χ4v) is 4.16. The third-order valence-electron chi connectivity index (χ3n) is 3.51. The maximum absolute atomic E-state index is 12.2. The Morgan fingerprint density at radius 3 is 2.43 bits per heavy atom. The van der Waals surface area contributed by atoms with Crippen molar-refractivity contribution in [2.75, 3.05) is 5.75 Å². The van der Waals surface area contributed by atoms with E-state index in [1.54, 1.807) is 20.8 Å². The lowest BCUT2D eigenvalue weighted by atomic mass is 9.86. The number of sulfone groups is 1. The van der Waals surface area contributed by atoms with E-state index in [1.165, 1.54) is 24.3 Å². The highest BCUT2D eigenvalue weighted by atomic mass is 32.2. The van der Waals surface area contributed by atoms with Crippen LogP contribution < -0.4 is 5.32 Å². The van der Waals surface area contributed by atoms with E-state index in [0.29, 0.717) is 0 Å². The van der Waals surface area contributed by atoms with Gasteiger partial charge >= 0.3 is 12.1 Å². The van der Waals surface area contributed by atoms with Crippen LogP contribution in [0.1, 0.15) is 32.8 Å². The van der Waals surface area contributed by atoms with Crippen LogP contribution >= 0.6 is 0 Å². The normalized spacial score (nSPS) is 22.7. The van der Waals surface area contributed by atoms with Gasteiger partial charge in [-0.1, -0.05) is 18.2 Å². The largest absolute Gasteiger partial charge is 0.479 e. The number of carboxylic acid groups (broad SMARTS) is 1. The summed E-state index contributed by atoms with van der Waals surface area (Å²) >= 11 is 0. The van der Waals surface area contributed by atoms with Crippen molar-refractivity contribution in [3.63, 3.8) is 0 Å². The maximum atomic E-state index is 12.2. The predicted molar refractivity (Wildman–Crippen MR) is 81.8 cm³/mol. The zero-order chi connectivity index (χ0) is 17.5. The quantitative estimate of drug-likeness (QED) is 0.847. The molecule has 1 aromatic carbocycles. The minimum absolute atomic E-state index is 0.0459. The second kappa shape index (κ2) is 5.52. The molecule has 1 aromatic rings. The molecule has 2 rings (SSSR count). The number of aliphatic carboxylic acids is 1. The van der Waals surface area contributed by atoms with Gasteiger partial charge < -0.3 is 15.2 Å². The van der Waals surface area contributed by atoms with Crippen molar-refractivity contribution in [2.45, 2.75) is 43.2 Å². The lowest BCUT2D eigenvalue weighted by molar-refractivity contribution is -0.145. The fourth-order valence-electron chi connectivity index (χ4n) is 2.51. The van der Waals surface area contributed by atoms with Crippen LogP contribution in [0.25, 0.3) is 0 Å². The Morgan fingerprint density at radius 2 is 1.87 bits per heavy atom. The fraction of sp³-hybridized carbons (Fsp3) is 0.467. The van der Waals surface area contributed by atoms with Crippen molar-refractivity contribution in [1.29, 1.82) is 0 Å². The number of hydrogen-bond donors (Lipinski definition) is 2. The number of alkyl carbamates (subject to hydrolysis) is 1. The molecule has 0 aromatic heterocycles. The van der Waals surface area contributed by atoms with Crippen LogP contribution in [0.5, 0.6) is 0 Å². The first-order valence-electron chi connectivity index (χ1n) is 7.05. The molecule has 7 nitrogen and oxygen atoms in total. The molecule has 126 valence electrons. The third-order valence-corrected chi connectivity index (χ3v) is 5.27. The summed E-state index contributed by atoms with van der Waals surface area (Å²) in [4.78, 5) is 23.9. The lowest BCUT2D eigenvalue weighted by Crippen LogP contribution is -2.56. The van der Waals surface area contributed by atoms with Gasteiger partial charge in [-0.2, -0.15) is 0 Å². The highest BCUT2D eigenvalue weighted by Gasteiger charge is 2.49. The zero-order valence-electron chi connectivity index (χ0n) is 13.1. The zero-order valence-corrected chi connectivity index (χ0v) is 13.9. The molecule has 1 aliphatic heterocycles. The molecule has 8 heteroatoms. The second-order valence-corrected chi connectivity index (χ2v) is 8.48. The van der Waals surface area contributed by atoms with Gasteiger partial charge in [0.2, 0.25) is 0 Å². The van der Waals surface area contributed by atoms with Crippen LogP contribution in [-0.4, -0.2) is 36.9 Å². The number of carboxylic acids is 1. The van der Waals surface area contributed by atoms with Gasteiger partial charge in [-0.25, -0.2) is 18.0 Å². The number of amides is 1. The molecule has 1 atom stereocenters. The van der Waals surface area contributed by atoms with E-state index in [0.717, 1.165) is 0 Å². The number of carbonyl (C=O) groups excluding carboxylic acids is 1. The van der Waals surface area contributed by atoms with Crippen LogP contribution in [0, 0.1) is 0 Å². The van der Waals surface area contributed by atoms with Crippen LogP contribution in [0.3, 0.4) is 0 Å². The minimum Gasteiger partial charge on any atom is -0.479 e. The van der Waals surface area contributed by atoms with E-state index < -0.39 is 33.0 Å². The number of nitrogens with one attached hydrogen (secondary N) is 1. The van der Waals surface area contributed by atoms with Gasteiger partial charge in [-0.05, 0) is 33.3 Å². The Hall–Kier alpha value is -2.09. The summed E-state index contributed by atoms with van der Waals surface area (Å²) in [5.41, 5.74) is -2.58. The van der Waals surface area contributed by atoms with Crippen LogP contribution in [0.4, 0.5) is 4.79 Å². The van der Waals surface area contributed by atoms with Crippen LogP contribution in [0.15, 0.2) is 29.2 Å². The summed E-state index contributed by atoms with van der Waals surface area (Å²) in [5, 5.41) is 12.0. The Kier molecular flexibility index (Phi) is 4.14. The molecule has 0 spiro atoms. The summed E-state index contributed by atoms with van der Waals surface area (Å²) in [6.45, 7) is 4.96. The molecular weight excluding hydrogens is 322 g/mol. The van der Waals surface area contributed by atoms with Gasteiger partial charge in [0.25, 0.3) is 0 Å². The van der Waals surface area contributed by atoms with Crippen molar-refractivity contribution in [3.05, 3.63) is 29.8 Å². The summed E-state index contributed by atoms with van der Waals surface area (Å²) < 4.78 is 29.4. The summed E-state index contributed by atoms with van der Waals surface area (Å²) in [7, 11) is -3.57. The van der Waals surface area contributed by atoms with E-state index in [2.05, 4.69) is 5.32 Å². The number of hydrogen-bond acceptors (Lipinski definition) is 5. The lowest BCUT2D eigenvalue weighted by Gasteiger charge is -2.36. The van der Waals surface area contributed by atoms with Gasteiger partial charge in [0, 0.05) is 5.56 Å². The molecule has 0 fully saturated rings. The monoisotopic (exact) mass is 341 g/mol. The number of benzene rings is 1. The van der Waals surface area contributed by atoms with Crippen molar-refractivity contribution in [1.82, 2.24) is 5.32 Å². The smallest absolute Gasteiger partial charge is 0.408 e. The highest BCUT2D eigenvalue weighted by molar-refractivity contribution is 7.91. The third kappa shape index (κ3) is 3.31. The molecular formula is C15H19NO6S. The molecule has 1 heterocycles. The summed E-state index contributed by atoms with van der Waals surface area (Å²) in [6, 6.07) is 5.80. The Labute approximate surface area is 134 Å². The first-order valence-corrected chi connectivity index (χ1v) is 8.70. The first-order chi connectivity index (χ1) is 10.5. The van der Waals surface area contributed by atoms with Crippen molar-refractivity contribution >= 4 is 21.9 Å². The van der Waals surface area contributed by atoms with Crippen molar-refractivity contribution in [2.24, 2.45) is 0 Å². The van der Waals surface area contributed by atoms with Gasteiger partial charge in [0.05, 0.1) is 10.6 Å². The second-order valence-electron chi connectivity index (χ2n) is 6.40. The van der Waals surface area contributed by atoms with E-state index >= 15 is 0 Å². The van der Waals surface area contributed by atoms with Crippen molar-refractivity contribution in [3.8, 4) is 0 Å². The van der Waals surface area contributed by atoms with E-state index in [4.69, 9.17) is 4.74 Å². The van der Waals surface area contributed by atoms with Gasteiger partial charge in [0.1, 0.15) is 5.60 Å². The summed E-state index contributed by atoms with van der Waals surface area (Å²) in [6.07, 6.45) is -1.17. The molecule has 0 saturated heterocycles. The van der Waals surface area contributed by atoms with Gasteiger partial charge in [0.15, 0.2) is 15.4 Å². The average molecular weight is 341 g/mol. The molecule has 2 N–H and O–H groups in total. The molecule has 23 heavy (non-hydrogen) atoms. The molecule has 0 aliphatic carbocycles. The number of carbonyl (C=O) groups is 2. The molecule has 0 bridgehead atoms. The van der Waals surface area contributed by atoms with Crippen LogP contribution in [0.2, 0.25) is 0 Å². The topological polar surface area (TPSA) is 110 Å². The van der Waals surface area contributed by atoms with Crippen LogP contribution in [-0.2, 0) is 24.9 Å². The number of rotatable bonds is 2. The van der Waals surface area contributed by atoms with E-state index in [1.807, 2.05) is 0 Å².